The van der Waals surface area contributed by atoms with Gasteiger partial charge in [0.25, 0.3) is 0 Å². The lowest BCUT2D eigenvalue weighted by Gasteiger charge is -2.43. The molecule has 10 atom stereocenters. The number of hydrogen-bond donors (Lipinski definition) is 10. The molecule has 71 heavy (non-hydrogen) atoms. The number of aromatic hydroxyl groups is 1. The van der Waals surface area contributed by atoms with Gasteiger partial charge in [-0.15, -0.1) is 0 Å². The molecule has 2 saturated heterocycles. The van der Waals surface area contributed by atoms with E-state index in [1.165, 1.54) is 38.2 Å². The van der Waals surface area contributed by atoms with Crippen molar-refractivity contribution >= 4 is 59.2 Å². The summed E-state index contributed by atoms with van der Waals surface area (Å²) >= 11 is 0. The zero-order valence-corrected chi connectivity index (χ0v) is 40.7. The lowest BCUT2D eigenvalue weighted by Crippen LogP contribution is -2.65. The Hall–Kier alpha value is -7.30. The van der Waals surface area contributed by atoms with Gasteiger partial charge in [-0.1, -0.05) is 69.7 Å². The number of carbonyl (C=O) groups excluding carboxylic acids is 8. The fraction of sp³-hybridized carbons (Fsp3) is 0.542. The van der Waals surface area contributed by atoms with Crippen molar-refractivity contribution in [3.8, 4) is 5.75 Å². The number of aliphatic imine (C=N–C) groups is 1. The van der Waals surface area contributed by atoms with E-state index >= 15 is 4.79 Å². The van der Waals surface area contributed by atoms with Gasteiger partial charge in [0, 0.05) is 32.9 Å². The second-order valence-electron chi connectivity index (χ2n) is 17.9. The van der Waals surface area contributed by atoms with Gasteiger partial charge in [-0.25, -0.2) is 4.79 Å². The summed E-state index contributed by atoms with van der Waals surface area (Å²) < 4.78 is 5.87. The lowest BCUT2D eigenvalue weighted by molar-refractivity contribution is -0.165. The Balaban J connectivity index is 1.91. The van der Waals surface area contributed by atoms with Gasteiger partial charge in [0.1, 0.15) is 60.4 Å². The van der Waals surface area contributed by atoms with E-state index in [1.54, 1.807) is 51.1 Å². The smallest absolute Gasteiger partial charge is 0.329 e. The number of piperidine rings is 1. The van der Waals surface area contributed by atoms with Crippen molar-refractivity contribution in [1.82, 2.24) is 36.4 Å². The molecule has 2 aromatic carbocycles. The first-order valence-corrected chi connectivity index (χ1v) is 23.7. The van der Waals surface area contributed by atoms with E-state index in [1.807, 2.05) is 0 Å². The molecule has 4 rings (SSSR count). The first kappa shape index (κ1) is 56.3. The van der Waals surface area contributed by atoms with Crippen LogP contribution in [0.15, 0.2) is 59.6 Å². The molecule has 23 heteroatoms. The van der Waals surface area contributed by atoms with Crippen molar-refractivity contribution in [3.63, 3.8) is 0 Å². The summed E-state index contributed by atoms with van der Waals surface area (Å²) in [6, 6.07) is 3.65. The van der Waals surface area contributed by atoms with Crippen molar-refractivity contribution in [2.75, 3.05) is 13.6 Å². The van der Waals surface area contributed by atoms with E-state index in [4.69, 9.17) is 16.2 Å². The van der Waals surface area contributed by atoms with Gasteiger partial charge in [0.05, 0.1) is 6.42 Å². The second kappa shape index (κ2) is 26.6. The van der Waals surface area contributed by atoms with E-state index in [0.29, 0.717) is 17.5 Å². The molecular weight excluding hydrogens is 925 g/mol. The maximum atomic E-state index is 15.1. The van der Waals surface area contributed by atoms with Crippen molar-refractivity contribution in [3.05, 3.63) is 65.7 Å². The fourth-order valence-corrected chi connectivity index (χ4v) is 8.27. The van der Waals surface area contributed by atoms with E-state index in [-0.39, 0.29) is 69.6 Å². The number of benzene rings is 2. The monoisotopic (exact) mass is 992 g/mol. The molecule has 0 aliphatic carbocycles. The largest absolute Gasteiger partial charge is 0.508 e. The Labute approximate surface area is 411 Å². The first-order chi connectivity index (χ1) is 33.6. The van der Waals surface area contributed by atoms with E-state index in [0.717, 1.165) is 9.80 Å². The number of aliphatic hydroxyl groups is 1. The molecule has 7 amide bonds. The normalized spacial score (nSPS) is 24.6. The minimum atomic E-state index is -1.89. The van der Waals surface area contributed by atoms with Gasteiger partial charge < -0.3 is 67.9 Å². The van der Waals surface area contributed by atoms with Crippen LogP contribution in [-0.4, -0.2) is 153 Å². The number of carboxylic acids is 1. The van der Waals surface area contributed by atoms with E-state index < -0.39 is 120 Å². The van der Waals surface area contributed by atoms with Crippen molar-refractivity contribution < 1.29 is 63.2 Å². The molecule has 0 aromatic heterocycles. The Morgan fingerprint density at radius 2 is 1.52 bits per heavy atom. The number of nitrogens with two attached hydrogens (primary N) is 2. The number of carboxylic acid groups (broad SMARTS) is 1. The molecule has 2 fully saturated rings. The van der Waals surface area contributed by atoms with Crippen molar-refractivity contribution in [2.24, 2.45) is 22.4 Å². The number of phenols is 1. The molecule has 0 saturated carbocycles. The number of aliphatic hydroxyl groups excluding tert-OH is 1. The van der Waals surface area contributed by atoms with Crippen molar-refractivity contribution in [2.45, 2.75) is 147 Å². The number of aliphatic carboxylic acids is 1. The van der Waals surface area contributed by atoms with Crippen LogP contribution in [0.3, 0.4) is 0 Å². The molecule has 0 spiro atoms. The number of phenolic OH excluding ortho intramolecular Hbond substituents is 1. The second-order valence-corrected chi connectivity index (χ2v) is 17.9. The molecule has 12 N–H and O–H groups in total. The number of likely N-dealkylation sites (N-methyl/N-ethyl adjacent to an activating group) is 1. The standard InChI is InChI=1S/C48H68N10O13/c1-6-12-36(60)52-33(25-38(62)63)42(65)56-40-27(4)71-47(70)39(26(3)7-2)55-43(66)34(23-29-16-18-30(59)19-17-29)57(5)46(69)35(24-28-13-9-8-10-14-28)58-37(61)21-20-32(45(58)68)54-41(64)31(53-44(40)67)15-11-22-51-48(49)50/h8-10,13-14,16-19,26-27,31-35,37,39-40,59,61H,6-7,11-12,15,20-25H2,1-5H3,(H,52,60)(H,53,67)(H,54,64)(H,55,66)(H,56,65)(H,62,63)(H4,49,50,51)/t26-,27+,31-,32+,33-,34-,35+,37+,39-,40-/m0/s1. The number of fused-ring (bicyclic) bond motifs is 2. The van der Waals surface area contributed by atoms with Gasteiger partial charge in [0.2, 0.25) is 41.4 Å². The average molecular weight is 993 g/mol. The highest BCUT2D eigenvalue weighted by Crippen LogP contribution is 2.26. The van der Waals surface area contributed by atoms with Crippen LogP contribution in [0.2, 0.25) is 0 Å². The number of carbonyl (C=O) groups is 9. The van der Waals surface area contributed by atoms with Crippen LogP contribution in [0.1, 0.15) is 90.2 Å². The third-order valence-corrected chi connectivity index (χ3v) is 12.5. The Kier molecular flexibility index (Phi) is 21.1. The van der Waals surface area contributed by atoms with Gasteiger partial charge in [-0.2, -0.15) is 0 Å². The fourth-order valence-electron chi connectivity index (χ4n) is 8.27. The summed E-state index contributed by atoms with van der Waals surface area (Å²) in [6.45, 7) is 6.29. The summed E-state index contributed by atoms with van der Waals surface area (Å²) in [4.78, 5) is 132. The number of rotatable bonds is 17. The van der Waals surface area contributed by atoms with Crippen LogP contribution in [0.25, 0.3) is 0 Å². The minimum Gasteiger partial charge on any atom is -0.508 e. The number of esters is 1. The van der Waals surface area contributed by atoms with Crippen LogP contribution < -0.4 is 38.1 Å². The highest BCUT2D eigenvalue weighted by atomic mass is 16.5. The van der Waals surface area contributed by atoms with Gasteiger partial charge in [-0.3, -0.25) is 43.3 Å². The predicted octanol–water partition coefficient (Wildman–Crippen LogP) is -0.942. The summed E-state index contributed by atoms with van der Waals surface area (Å²) in [5.74, 6) is -9.87. The van der Waals surface area contributed by atoms with Gasteiger partial charge in [-0.05, 0) is 68.2 Å². The third-order valence-electron chi connectivity index (χ3n) is 12.5. The summed E-state index contributed by atoms with van der Waals surface area (Å²) in [5.41, 5.74) is 12.1. The molecule has 2 aliphatic rings. The molecule has 23 nitrogen and oxygen atoms in total. The number of amides is 7. The van der Waals surface area contributed by atoms with Gasteiger partial charge >= 0.3 is 11.9 Å². The van der Waals surface area contributed by atoms with Crippen LogP contribution in [-0.2, 0) is 60.7 Å². The SMILES string of the molecule is CCCC(=O)N[C@@H](CC(=O)O)C(=O)N[C@@H]1C(=O)N[C@@H](CCCN=C(N)N)C(=O)N[C@@H]2CC[C@@H](O)N(C2=O)[C@H](Cc2ccccc2)C(=O)N(C)[C@@H](Cc2ccc(O)cc2)C(=O)N[C@@H]([C@@H](C)CC)C(=O)O[C@@H]1C. The Morgan fingerprint density at radius 1 is 0.873 bits per heavy atom. The average Bonchev–Trinajstić information content (AvgIpc) is 3.32. The van der Waals surface area contributed by atoms with Crippen LogP contribution in [0, 0.1) is 5.92 Å². The third kappa shape index (κ3) is 16.1. The molecular formula is C48H68N10O13. The number of ether oxygens (including phenoxy) is 1. The summed E-state index contributed by atoms with van der Waals surface area (Å²) in [5, 5.41) is 44.0. The quantitative estimate of drug-likeness (QED) is 0.0396. The number of nitrogens with zero attached hydrogens (tertiary/aromatic N) is 3. The molecule has 2 aliphatic heterocycles. The Morgan fingerprint density at radius 3 is 2.14 bits per heavy atom. The van der Waals surface area contributed by atoms with Crippen molar-refractivity contribution in [1.29, 1.82) is 0 Å². The maximum absolute atomic E-state index is 15.1. The van der Waals surface area contributed by atoms with Gasteiger partial charge in [0.15, 0.2) is 5.96 Å². The Bertz CT molecular complexity index is 2240. The topological polar surface area (TPSA) is 355 Å². The molecule has 388 valence electrons. The molecule has 2 bridgehead atoms. The molecule has 2 heterocycles. The molecule has 0 unspecified atom stereocenters. The minimum absolute atomic E-state index is 0.0138. The van der Waals surface area contributed by atoms with Crippen LogP contribution >= 0.6 is 0 Å². The van der Waals surface area contributed by atoms with E-state index in [9.17, 15) is 53.7 Å². The highest BCUT2D eigenvalue weighted by Gasteiger charge is 2.46. The van der Waals surface area contributed by atoms with Crippen LogP contribution in [0.5, 0.6) is 5.75 Å². The number of nitrogens with one attached hydrogen (secondary N) is 5. The number of guanidine groups is 1. The van der Waals surface area contributed by atoms with E-state index in [2.05, 4.69) is 31.6 Å². The lowest BCUT2D eigenvalue weighted by atomic mass is 9.95. The molecule has 0 radical (unpaired) electrons. The zero-order valence-electron chi connectivity index (χ0n) is 40.7. The summed E-state index contributed by atoms with van der Waals surface area (Å²) in [7, 11) is 1.34. The maximum Gasteiger partial charge on any atom is 0.329 e. The molecule has 2 aromatic rings. The zero-order chi connectivity index (χ0) is 52.5. The number of hydrogen-bond acceptors (Lipinski definition) is 13. The first-order valence-electron chi connectivity index (χ1n) is 23.7. The highest BCUT2D eigenvalue weighted by molar-refractivity contribution is 5.99. The number of cyclic esters (lactones) is 1. The van der Waals surface area contributed by atoms with Crippen LogP contribution in [0.4, 0.5) is 0 Å². The summed E-state index contributed by atoms with van der Waals surface area (Å²) in [6.07, 6.45) is -4.13. The predicted molar refractivity (Wildman–Crippen MR) is 256 cm³/mol.